The second-order valence-electron chi connectivity index (χ2n) is 5.58. The SMILES string of the molecule is CC/C(C)=C/C=C/N(Cc1ccccc1)Cc1ccccc1. The summed E-state index contributed by atoms with van der Waals surface area (Å²) < 4.78 is 0. The van der Waals surface area contributed by atoms with E-state index in [1.54, 1.807) is 0 Å². The maximum absolute atomic E-state index is 2.35. The van der Waals surface area contributed by atoms with E-state index in [1.165, 1.54) is 16.7 Å². The molecule has 0 aromatic heterocycles. The molecule has 0 N–H and O–H groups in total. The number of benzene rings is 2. The van der Waals surface area contributed by atoms with Crippen LogP contribution in [-0.2, 0) is 13.1 Å². The molecule has 0 atom stereocenters. The van der Waals surface area contributed by atoms with Crippen molar-refractivity contribution >= 4 is 0 Å². The Labute approximate surface area is 134 Å². The molecule has 0 saturated heterocycles. The Morgan fingerprint density at radius 2 is 1.36 bits per heavy atom. The third-order valence-electron chi connectivity index (χ3n) is 3.69. The third-order valence-corrected chi connectivity index (χ3v) is 3.69. The summed E-state index contributed by atoms with van der Waals surface area (Å²) in [4.78, 5) is 2.35. The van der Waals surface area contributed by atoms with Crippen LogP contribution < -0.4 is 0 Å². The van der Waals surface area contributed by atoms with Crippen molar-refractivity contribution in [1.82, 2.24) is 4.90 Å². The zero-order valence-corrected chi connectivity index (χ0v) is 13.6. The topological polar surface area (TPSA) is 3.24 Å². The molecule has 0 heterocycles. The Bertz CT molecular complexity index is 555. The second kappa shape index (κ2) is 8.89. The number of nitrogens with zero attached hydrogens (tertiary/aromatic N) is 1. The monoisotopic (exact) mass is 291 g/mol. The van der Waals surface area contributed by atoms with Crippen LogP contribution in [0.15, 0.2) is 84.6 Å². The molecule has 2 aromatic rings. The van der Waals surface area contributed by atoms with E-state index in [1.807, 2.05) is 0 Å². The van der Waals surface area contributed by atoms with Crippen molar-refractivity contribution in [3.05, 3.63) is 95.7 Å². The van der Waals surface area contributed by atoms with Crippen molar-refractivity contribution in [1.29, 1.82) is 0 Å². The summed E-state index contributed by atoms with van der Waals surface area (Å²) in [6, 6.07) is 21.2. The molecule has 0 fully saturated rings. The highest BCUT2D eigenvalue weighted by Gasteiger charge is 2.02. The van der Waals surface area contributed by atoms with Crippen LogP contribution in [-0.4, -0.2) is 4.90 Å². The molecule has 2 rings (SSSR count). The first-order chi connectivity index (χ1) is 10.8. The molecule has 0 bridgehead atoms. The minimum Gasteiger partial charge on any atom is -0.369 e. The molecular formula is C21H25N. The molecule has 22 heavy (non-hydrogen) atoms. The van der Waals surface area contributed by atoms with Gasteiger partial charge in [-0.05, 0) is 36.7 Å². The van der Waals surface area contributed by atoms with Crippen molar-refractivity contribution in [3.63, 3.8) is 0 Å². The van der Waals surface area contributed by atoms with Gasteiger partial charge in [0, 0.05) is 13.1 Å². The fourth-order valence-corrected chi connectivity index (χ4v) is 2.24. The van der Waals surface area contributed by atoms with Gasteiger partial charge in [-0.3, -0.25) is 0 Å². The van der Waals surface area contributed by atoms with Crippen LogP contribution in [0.25, 0.3) is 0 Å². The van der Waals surface area contributed by atoms with Crippen molar-refractivity contribution in [2.75, 3.05) is 0 Å². The van der Waals surface area contributed by atoms with Gasteiger partial charge in [-0.2, -0.15) is 0 Å². The summed E-state index contributed by atoms with van der Waals surface area (Å²) in [5.74, 6) is 0. The third kappa shape index (κ3) is 5.61. The van der Waals surface area contributed by atoms with Crippen molar-refractivity contribution in [2.24, 2.45) is 0 Å². The Morgan fingerprint density at radius 3 is 1.82 bits per heavy atom. The molecule has 0 aliphatic rings. The van der Waals surface area contributed by atoms with Gasteiger partial charge in [-0.15, -0.1) is 0 Å². The standard InChI is InChI=1S/C21H25N/c1-3-19(2)11-10-16-22(17-20-12-6-4-7-13-20)18-21-14-8-5-9-15-21/h4-16H,3,17-18H2,1-2H3/b16-10+,19-11+. The van der Waals surface area contributed by atoms with E-state index in [0.29, 0.717) is 0 Å². The Balaban J connectivity index is 2.09. The van der Waals surface area contributed by atoms with Gasteiger partial charge in [0.2, 0.25) is 0 Å². The molecule has 0 aliphatic carbocycles. The Morgan fingerprint density at radius 1 is 0.864 bits per heavy atom. The van der Waals surface area contributed by atoms with Gasteiger partial charge in [0.05, 0.1) is 0 Å². The zero-order chi connectivity index (χ0) is 15.6. The van der Waals surface area contributed by atoms with Gasteiger partial charge < -0.3 is 4.90 Å². The van der Waals surface area contributed by atoms with Gasteiger partial charge >= 0.3 is 0 Å². The summed E-state index contributed by atoms with van der Waals surface area (Å²) in [6.07, 6.45) is 7.65. The number of rotatable bonds is 7. The van der Waals surface area contributed by atoms with Crippen LogP contribution in [0.1, 0.15) is 31.4 Å². The summed E-state index contributed by atoms with van der Waals surface area (Å²) in [5, 5.41) is 0. The molecule has 0 aliphatic heterocycles. The largest absolute Gasteiger partial charge is 0.369 e. The van der Waals surface area contributed by atoms with E-state index in [4.69, 9.17) is 0 Å². The quantitative estimate of drug-likeness (QED) is 0.604. The van der Waals surface area contributed by atoms with Crippen LogP contribution in [0.3, 0.4) is 0 Å². The van der Waals surface area contributed by atoms with Crippen molar-refractivity contribution < 1.29 is 0 Å². The lowest BCUT2D eigenvalue weighted by molar-refractivity contribution is 0.362. The number of allylic oxidation sites excluding steroid dienone is 3. The second-order valence-corrected chi connectivity index (χ2v) is 5.58. The van der Waals surface area contributed by atoms with E-state index in [2.05, 4.69) is 97.8 Å². The number of hydrogen-bond acceptors (Lipinski definition) is 1. The summed E-state index contributed by atoms with van der Waals surface area (Å²) in [5.41, 5.74) is 4.06. The van der Waals surface area contributed by atoms with Gasteiger partial charge in [0.15, 0.2) is 0 Å². The highest BCUT2D eigenvalue weighted by molar-refractivity contribution is 5.18. The van der Waals surface area contributed by atoms with Gasteiger partial charge in [0.1, 0.15) is 0 Å². The van der Waals surface area contributed by atoms with Crippen LogP contribution in [0.5, 0.6) is 0 Å². The highest BCUT2D eigenvalue weighted by Crippen LogP contribution is 2.11. The van der Waals surface area contributed by atoms with Gasteiger partial charge in [-0.1, -0.05) is 79.2 Å². The summed E-state index contributed by atoms with van der Waals surface area (Å²) in [7, 11) is 0. The van der Waals surface area contributed by atoms with Crippen LogP contribution in [0.4, 0.5) is 0 Å². The van der Waals surface area contributed by atoms with Gasteiger partial charge in [-0.25, -0.2) is 0 Å². The lowest BCUT2D eigenvalue weighted by atomic mass is 10.1. The number of hydrogen-bond donors (Lipinski definition) is 0. The van der Waals surface area contributed by atoms with Crippen molar-refractivity contribution in [3.8, 4) is 0 Å². The summed E-state index contributed by atoms with van der Waals surface area (Å²) >= 11 is 0. The average molecular weight is 291 g/mol. The Hall–Kier alpha value is -2.28. The van der Waals surface area contributed by atoms with E-state index < -0.39 is 0 Å². The zero-order valence-electron chi connectivity index (χ0n) is 13.6. The first-order valence-corrected chi connectivity index (χ1v) is 7.94. The molecule has 2 aromatic carbocycles. The lowest BCUT2D eigenvalue weighted by Crippen LogP contribution is -2.16. The molecule has 0 unspecified atom stereocenters. The van der Waals surface area contributed by atoms with E-state index in [0.717, 1.165) is 19.5 Å². The fraction of sp³-hybridized carbons (Fsp3) is 0.238. The highest BCUT2D eigenvalue weighted by atomic mass is 15.1. The van der Waals surface area contributed by atoms with Crippen molar-refractivity contribution in [2.45, 2.75) is 33.4 Å². The molecule has 0 radical (unpaired) electrons. The minimum absolute atomic E-state index is 0.922. The first kappa shape index (κ1) is 16.1. The molecule has 1 heteroatoms. The molecule has 0 spiro atoms. The minimum atomic E-state index is 0.922. The Kier molecular flexibility index (Phi) is 6.50. The van der Waals surface area contributed by atoms with E-state index in [-0.39, 0.29) is 0 Å². The average Bonchev–Trinajstić information content (AvgIpc) is 2.56. The fourth-order valence-electron chi connectivity index (χ4n) is 2.24. The van der Waals surface area contributed by atoms with E-state index >= 15 is 0 Å². The van der Waals surface area contributed by atoms with Crippen LogP contribution in [0, 0.1) is 0 Å². The predicted octanol–water partition coefficient (Wildman–Crippen LogP) is 5.56. The maximum Gasteiger partial charge on any atom is 0.0427 e. The molecule has 114 valence electrons. The summed E-state index contributed by atoms with van der Waals surface area (Å²) in [6.45, 7) is 6.20. The molecular weight excluding hydrogens is 266 g/mol. The first-order valence-electron chi connectivity index (χ1n) is 7.94. The van der Waals surface area contributed by atoms with E-state index in [9.17, 15) is 0 Å². The predicted molar refractivity (Wildman–Crippen MR) is 95.3 cm³/mol. The normalized spacial score (nSPS) is 11.8. The van der Waals surface area contributed by atoms with Crippen LogP contribution >= 0.6 is 0 Å². The van der Waals surface area contributed by atoms with Gasteiger partial charge in [0.25, 0.3) is 0 Å². The smallest absolute Gasteiger partial charge is 0.0427 e. The lowest BCUT2D eigenvalue weighted by Gasteiger charge is -2.20. The molecule has 1 nitrogen and oxygen atoms in total. The van der Waals surface area contributed by atoms with Crippen LogP contribution in [0.2, 0.25) is 0 Å². The molecule has 0 saturated carbocycles. The molecule has 0 amide bonds. The maximum atomic E-state index is 2.35.